The summed E-state index contributed by atoms with van der Waals surface area (Å²) in [5.41, 5.74) is 5.87. The van der Waals surface area contributed by atoms with Crippen molar-refractivity contribution in [3.63, 3.8) is 0 Å². The number of hydrogen-bond acceptors (Lipinski definition) is 4. The number of rotatable bonds is 1. The van der Waals surface area contributed by atoms with E-state index >= 15 is 0 Å². The Morgan fingerprint density at radius 2 is 1.86 bits per heavy atom. The number of phenolic OH excluding ortho intramolecular Hbond substituents is 1. The van der Waals surface area contributed by atoms with Gasteiger partial charge in [0.15, 0.2) is 5.78 Å². The van der Waals surface area contributed by atoms with Crippen LogP contribution in [0.3, 0.4) is 0 Å². The van der Waals surface area contributed by atoms with Gasteiger partial charge in [-0.2, -0.15) is 0 Å². The topological polar surface area (TPSA) is 62.2 Å². The summed E-state index contributed by atoms with van der Waals surface area (Å²) in [6.45, 7) is 4.29. The first kappa shape index (κ1) is 17.0. The zero-order chi connectivity index (χ0) is 19.5. The van der Waals surface area contributed by atoms with E-state index in [2.05, 4.69) is 36.3 Å². The Hall–Kier alpha value is -3.14. The second kappa shape index (κ2) is 5.93. The number of pyridine rings is 1. The molecule has 0 fully saturated rings. The number of nitrogens with zero attached hydrogens (tertiary/aromatic N) is 1. The molecule has 1 aromatic heterocycles. The zero-order valence-electron chi connectivity index (χ0n) is 16.0. The van der Waals surface area contributed by atoms with Gasteiger partial charge in [-0.05, 0) is 53.3 Å². The number of carbonyl (C=O) groups is 1. The first-order valence-electron chi connectivity index (χ1n) is 9.63. The lowest BCUT2D eigenvalue weighted by Gasteiger charge is -2.40. The molecule has 4 nitrogen and oxygen atoms in total. The normalized spacial score (nSPS) is 20.5. The number of nitrogens with one attached hydrogen (secondary N) is 1. The highest BCUT2D eigenvalue weighted by Crippen LogP contribution is 2.50. The fraction of sp³-hybridized carbons (Fsp3) is 0.250. The van der Waals surface area contributed by atoms with E-state index in [1.807, 2.05) is 24.3 Å². The van der Waals surface area contributed by atoms with Crippen LogP contribution in [0.5, 0.6) is 5.75 Å². The first-order valence-corrected chi connectivity index (χ1v) is 9.63. The summed E-state index contributed by atoms with van der Waals surface area (Å²) in [5, 5.41) is 14.4. The molecule has 0 saturated heterocycles. The van der Waals surface area contributed by atoms with Crippen molar-refractivity contribution in [2.24, 2.45) is 5.41 Å². The summed E-state index contributed by atoms with van der Waals surface area (Å²) in [4.78, 5) is 17.8. The van der Waals surface area contributed by atoms with Crippen molar-refractivity contribution < 1.29 is 9.90 Å². The lowest BCUT2D eigenvalue weighted by molar-refractivity contribution is -0.118. The van der Waals surface area contributed by atoms with E-state index in [1.165, 1.54) is 0 Å². The van der Waals surface area contributed by atoms with Crippen molar-refractivity contribution in [2.75, 3.05) is 5.32 Å². The Balaban J connectivity index is 1.81. The molecule has 28 heavy (non-hydrogen) atoms. The van der Waals surface area contributed by atoms with Crippen LogP contribution in [-0.2, 0) is 4.79 Å². The SMILES string of the molecule is CC1(C)CC(=O)C2=C(C1)Nc1ccc3ncccc3c1C2c1ccc(O)cc1. The summed E-state index contributed by atoms with van der Waals surface area (Å²) >= 11 is 0. The van der Waals surface area contributed by atoms with Crippen LogP contribution in [-0.4, -0.2) is 15.9 Å². The molecule has 0 saturated carbocycles. The van der Waals surface area contributed by atoms with E-state index in [0.29, 0.717) is 6.42 Å². The van der Waals surface area contributed by atoms with Gasteiger partial charge in [-0.15, -0.1) is 0 Å². The number of Topliss-reactive ketones (excluding diaryl/α,β-unsaturated/α-hetero) is 1. The molecule has 140 valence electrons. The van der Waals surface area contributed by atoms with Crippen LogP contribution in [0.25, 0.3) is 10.9 Å². The maximum absolute atomic E-state index is 13.3. The van der Waals surface area contributed by atoms with Crippen LogP contribution in [0.15, 0.2) is 66.0 Å². The molecule has 0 amide bonds. The highest BCUT2D eigenvalue weighted by atomic mass is 16.3. The van der Waals surface area contributed by atoms with Crippen molar-refractivity contribution in [1.82, 2.24) is 4.98 Å². The molecule has 1 aliphatic carbocycles. The second-order valence-corrected chi connectivity index (χ2v) is 8.58. The number of fused-ring (bicyclic) bond motifs is 3. The number of allylic oxidation sites excluding steroid dienone is 2. The molecule has 0 radical (unpaired) electrons. The van der Waals surface area contributed by atoms with Gasteiger partial charge < -0.3 is 10.4 Å². The first-order chi connectivity index (χ1) is 13.4. The summed E-state index contributed by atoms with van der Waals surface area (Å²) in [7, 11) is 0. The lowest BCUT2D eigenvalue weighted by atomic mass is 9.68. The average Bonchev–Trinajstić information content (AvgIpc) is 2.66. The number of aromatic hydroxyl groups is 1. The standard InChI is InChI=1S/C24H22N2O2/c1-24(2)12-19-23(20(28)13-24)21(14-5-7-15(27)8-6-14)22-16-4-3-11-25-17(16)9-10-18(22)26-19/h3-11,21,26-27H,12-13H2,1-2H3. The Labute approximate surface area is 163 Å². The molecule has 2 aliphatic rings. The molecule has 1 unspecified atom stereocenters. The maximum atomic E-state index is 13.3. The van der Waals surface area contributed by atoms with Gasteiger partial charge in [0.05, 0.1) is 5.52 Å². The van der Waals surface area contributed by atoms with Gasteiger partial charge in [0.25, 0.3) is 0 Å². The summed E-state index contributed by atoms with van der Waals surface area (Å²) < 4.78 is 0. The van der Waals surface area contributed by atoms with Gasteiger partial charge in [0, 0.05) is 40.9 Å². The van der Waals surface area contributed by atoms with Crippen molar-refractivity contribution in [3.8, 4) is 5.75 Å². The Morgan fingerprint density at radius 3 is 2.64 bits per heavy atom. The highest BCUT2D eigenvalue weighted by Gasteiger charge is 2.41. The number of carbonyl (C=O) groups excluding carboxylic acids is 1. The molecule has 3 aromatic rings. The third kappa shape index (κ3) is 2.60. The molecule has 2 N–H and O–H groups in total. The van der Waals surface area contributed by atoms with Crippen molar-refractivity contribution >= 4 is 22.4 Å². The fourth-order valence-electron chi connectivity index (χ4n) is 4.68. The van der Waals surface area contributed by atoms with Gasteiger partial charge in [0.2, 0.25) is 0 Å². The number of benzene rings is 2. The molecular formula is C24H22N2O2. The van der Waals surface area contributed by atoms with Crippen LogP contribution in [0.4, 0.5) is 5.69 Å². The highest BCUT2D eigenvalue weighted by molar-refractivity contribution is 6.04. The molecule has 5 rings (SSSR count). The molecule has 2 heterocycles. The quantitative estimate of drug-likeness (QED) is 0.622. The van der Waals surface area contributed by atoms with Crippen molar-refractivity contribution in [2.45, 2.75) is 32.6 Å². The third-order valence-electron chi connectivity index (χ3n) is 5.84. The second-order valence-electron chi connectivity index (χ2n) is 8.58. The number of anilines is 1. The van der Waals surface area contributed by atoms with Gasteiger partial charge in [-0.3, -0.25) is 9.78 Å². The molecule has 2 aromatic carbocycles. The van der Waals surface area contributed by atoms with Crippen molar-refractivity contribution in [3.05, 3.63) is 77.1 Å². The predicted octanol–water partition coefficient (Wildman–Crippen LogP) is 5.14. The van der Waals surface area contributed by atoms with Crippen LogP contribution < -0.4 is 5.32 Å². The Bertz CT molecular complexity index is 1140. The zero-order valence-corrected chi connectivity index (χ0v) is 16.0. The van der Waals surface area contributed by atoms with Gasteiger partial charge in [-0.25, -0.2) is 0 Å². The lowest BCUT2D eigenvalue weighted by Crippen LogP contribution is -2.33. The average molecular weight is 370 g/mol. The minimum atomic E-state index is -0.164. The van der Waals surface area contributed by atoms with Gasteiger partial charge in [0.1, 0.15) is 5.75 Å². The summed E-state index contributed by atoms with van der Waals surface area (Å²) in [6.07, 6.45) is 3.17. The summed E-state index contributed by atoms with van der Waals surface area (Å²) in [5.74, 6) is 0.259. The van der Waals surface area contributed by atoms with Crippen LogP contribution >= 0.6 is 0 Å². The molecule has 1 aliphatic heterocycles. The minimum absolute atomic E-state index is 0.0572. The van der Waals surface area contributed by atoms with E-state index in [9.17, 15) is 9.90 Å². The fourth-order valence-corrected chi connectivity index (χ4v) is 4.68. The molecule has 4 heteroatoms. The van der Waals surface area contributed by atoms with E-state index < -0.39 is 0 Å². The summed E-state index contributed by atoms with van der Waals surface area (Å²) in [6, 6.07) is 15.3. The van der Waals surface area contributed by atoms with E-state index in [1.54, 1.807) is 18.3 Å². The number of hydrogen-bond donors (Lipinski definition) is 2. The molecule has 1 atom stereocenters. The largest absolute Gasteiger partial charge is 0.508 e. The third-order valence-corrected chi connectivity index (χ3v) is 5.84. The van der Waals surface area contributed by atoms with Crippen LogP contribution in [0.1, 0.15) is 43.7 Å². The minimum Gasteiger partial charge on any atom is -0.508 e. The molecule has 0 bridgehead atoms. The number of aromatic nitrogens is 1. The van der Waals surface area contributed by atoms with Crippen LogP contribution in [0, 0.1) is 5.41 Å². The Morgan fingerprint density at radius 1 is 1.07 bits per heavy atom. The molecular weight excluding hydrogens is 348 g/mol. The maximum Gasteiger partial charge on any atom is 0.162 e. The van der Waals surface area contributed by atoms with Gasteiger partial charge in [-0.1, -0.05) is 32.0 Å². The Kier molecular flexibility index (Phi) is 3.60. The number of ketones is 1. The van der Waals surface area contributed by atoms with Crippen LogP contribution in [0.2, 0.25) is 0 Å². The van der Waals surface area contributed by atoms with E-state index in [0.717, 1.165) is 45.4 Å². The van der Waals surface area contributed by atoms with E-state index in [4.69, 9.17) is 0 Å². The number of phenols is 1. The van der Waals surface area contributed by atoms with E-state index in [-0.39, 0.29) is 22.9 Å². The molecule has 0 spiro atoms. The smallest absolute Gasteiger partial charge is 0.162 e. The van der Waals surface area contributed by atoms with Gasteiger partial charge >= 0.3 is 0 Å². The van der Waals surface area contributed by atoms with Crippen molar-refractivity contribution in [1.29, 1.82) is 0 Å². The monoisotopic (exact) mass is 370 g/mol. The predicted molar refractivity (Wildman–Crippen MR) is 110 cm³/mol.